The van der Waals surface area contributed by atoms with Gasteiger partial charge in [0.15, 0.2) is 11.0 Å². The maximum absolute atomic E-state index is 10.9. The highest BCUT2D eigenvalue weighted by molar-refractivity contribution is 5.81. The van der Waals surface area contributed by atoms with E-state index < -0.39 is 10.9 Å². The fourth-order valence-electron chi connectivity index (χ4n) is 2.71. The van der Waals surface area contributed by atoms with Crippen LogP contribution in [-0.4, -0.2) is 51.0 Å². The van der Waals surface area contributed by atoms with Crippen molar-refractivity contribution in [1.29, 1.82) is 0 Å². The number of nitro groups is 1. The number of nitrogens with zero attached hydrogens (tertiary/aromatic N) is 4. The van der Waals surface area contributed by atoms with Gasteiger partial charge in [0.2, 0.25) is 0 Å². The normalized spacial score (nSPS) is 18.0. The van der Waals surface area contributed by atoms with Crippen molar-refractivity contribution in [2.75, 3.05) is 26.3 Å². The summed E-state index contributed by atoms with van der Waals surface area (Å²) in [5.41, 5.74) is 1.68. The van der Waals surface area contributed by atoms with Gasteiger partial charge in [-0.1, -0.05) is 17.1 Å². The zero-order chi connectivity index (χ0) is 15.0. The number of aromatic nitrogens is 2. The van der Waals surface area contributed by atoms with Gasteiger partial charge in [-0.05, 0) is 22.6 Å². The van der Waals surface area contributed by atoms with Gasteiger partial charge in [0.1, 0.15) is 0 Å². The molecule has 0 aliphatic carbocycles. The Hall–Kier alpha value is -2.19. The summed E-state index contributed by atoms with van der Waals surface area (Å²) < 4.78 is 5.87. The third-order valence-electron chi connectivity index (χ3n) is 3.88. The van der Waals surface area contributed by atoms with Crippen LogP contribution in [0.25, 0.3) is 11.0 Å². The zero-order valence-electron chi connectivity index (χ0n) is 11.6. The van der Waals surface area contributed by atoms with Gasteiger partial charge >= 0.3 is 5.95 Å². The van der Waals surface area contributed by atoms with Crippen LogP contribution in [-0.2, 0) is 4.74 Å². The molecule has 8 nitrogen and oxygen atoms in total. The molecule has 2 heterocycles. The van der Waals surface area contributed by atoms with Crippen LogP contribution in [0.2, 0.25) is 0 Å². The SMILES string of the molecule is CC(c1cccc2c1nc([N+](=O)[O-])n2O)N1CCOCC1. The molecule has 0 amide bonds. The van der Waals surface area contributed by atoms with Crippen LogP contribution in [0, 0.1) is 10.1 Å². The topological polar surface area (TPSA) is 93.7 Å². The molecule has 1 atom stereocenters. The number of hydrogen-bond donors (Lipinski definition) is 1. The van der Waals surface area contributed by atoms with Crippen LogP contribution in [0.1, 0.15) is 18.5 Å². The van der Waals surface area contributed by atoms with Gasteiger partial charge in [-0.3, -0.25) is 4.90 Å². The molecule has 1 aromatic heterocycles. The molecule has 1 fully saturated rings. The van der Waals surface area contributed by atoms with E-state index in [-0.39, 0.29) is 6.04 Å². The number of morpholine rings is 1. The molecule has 0 saturated carbocycles. The van der Waals surface area contributed by atoms with Gasteiger partial charge < -0.3 is 20.1 Å². The van der Waals surface area contributed by atoms with E-state index in [9.17, 15) is 15.3 Å². The Morgan fingerprint density at radius 1 is 1.43 bits per heavy atom. The first-order valence-corrected chi connectivity index (χ1v) is 6.76. The number of rotatable bonds is 3. The van der Waals surface area contributed by atoms with Gasteiger partial charge in [-0.2, -0.15) is 0 Å². The molecule has 3 rings (SSSR count). The summed E-state index contributed by atoms with van der Waals surface area (Å²) in [6, 6.07) is 5.32. The van der Waals surface area contributed by atoms with Crippen LogP contribution in [0.3, 0.4) is 0 Å². The zero-order valence-corrected chi connectivity index (χ0v) is 11.6. The molecule has 2 aromatic rings. The monoisotopic (exact) mass is 292 g/mol. The molecule has 1 aliphatic rings. The van der Waals surface area contributed by atoms with Crippen LogP contribution in [0.15, 0.2) is 18.2 Å². The number of imidazole rings is 1. The number of hydrogen-bond acceptors (Lipinski definition) is 6. The molecule has 1 unspecified atom stereocenters. The highest BCUT2D eigenvalue weighted by Crippen LogP contribution is 2.30. The third-order valence-corrected chi connectivity index (χ3v) is 3.88. The standard InChI is InChI=1S/C13H16N4O4/c1-9(15-5-7-21-8-6-15)10-3-2-4-11-12(10)14-13(16(11)18)17(19)20/h2-4,9,18H,5-8H2,1H3. The Morgan fingerprint density at radius 2 is 2.14 bits per heavy atom. The summed E-state index contributed by atoms with van der Waals surface area (Å²) in [7, 11) is 0. The van der Waals surface area contributed by atoms with E-state index >= 15 is 0 Å². The minimum absolute atomic E-state index is 0.0482. The van der Waals surface area contributed by atoms with Crippen LogP contribution in [0.5, 0.6) is 0 Å². The molecule has 21 heavy (non-hydrogen) atoms. The summed E-state index contributed by atoms with van der Waals surface area (Å²) >= 11 is 0. The average molecular weight is 292 g/mol. The third kappa shape index (κ3) is 2.32. The Kier molecular flexibility index (Phi) is 3.48. The average Bonchev–Trinajstić information content (AvgIpc) is 2.85. The van der Waals surface area contributed by atoms with Crippen molar-refractivity contribution in [3.05, 3.63) is 33.9 Å². The first-order valence-electron chi connectivity index (χ1n) is 6.76. The van der Waals surface area contributed by atoms with Crippen molar-refractivity contribution < 1.29 is 14.9 Å². The second-order valence-corrected chi connectivity index (χ2v) is 5.02. The number of fused-ring (bicyclic) bond motifs is 1. The molecular weight excluding hydrogens is 276 g/mol. The summed E-state index contributed by atoms with van der Waals surface area (Å²) in [6.45, 7) is 4.99. The van der Waals surface area contributed by atoms with Crippen molar-refractivity contribution in [3.63, 3.8) is 0 Å². The van der Waals surface area contributed by atoms with Gasteiger partial charge in [0, 0.05) is 24.7 Å². The van der Waals surface area contributed by atoms with Crippen molar-refractivity contribution in [1.82, 2.24) is 14.6 Å². The van der Waals surface area contributed by atoms with E-state index in [4.69, 9.17) is 4.74 Å². The Balaban J connectivity index is 2.05. The summed E-state index contributed by atoms with van der Waals surface area (Å²) in [4.78, 5) is 16.4. The van der Waals surface area contributed by atoms with E-state index in [1.165, 1.54) is 0 Å². The molecule has 1 aliphatic heterocycles. The van der Waals surface area contributed by atoms with Gasteiger partial charge in [-0.15, -0.1) is 0 Å². The maximum Gasteiger partial charge on any atom is 0.472 e. The van der Waals surface area contributed by atoms with Gasteiger partial charge in [0.25, 0.3) is 0 Å². The first kappa shape index (κ1) is 13.8. The number of para-hydroxylation sites is 1. The van der Waals surface area contributed by atoms with E-state index in [2.05, 4.69) is 9.88 Å². The second kappa shape index (κ2) is 5.30. The van der Waals surface area contributed by atoms with Crippen molar-refractivity contribution in [3.8, 4) is 0 Å². The second-order valence-electron chi connectivity index (χ2n) is 5.02. The molecule has 1 saturated heterocycles. The highest BCUT2D eigenvalue weighted by Gasteiger charge is 2.27. The van der Waals surface area contributed by atoms with Crippen LogP contribution < -0.4 is 0 Å². The highest BCUT2D eigenvalue weighted by atomic mass is 16.6. The Labute approximate surface area is 120 Å². The lowest BCUT2D eigenvalue weighted by Gasteiger charge is -2.32. The lowest BCUT2D eigenvalue weighted by molar-refractivity contribution is -0.401. The summed E-state index contributed by atoms with van der Waals surface area (Å²) in [5, 5.41) is 20.8. The van der Waals surface area contributed by atoms with E-state index in [0.29, 0.717) is 29.0 Å². The minimum Gasteiger partial charge on any atom is -0.390 e. The maximum atomic E-state index is 10.9. The quantitative estimate of drug-likeness (QED) is 0.524. The predicted octanol–water partition coefficient (Wildman–Crippen LogP) is 1.58. The fraction of sp³-hybridized carbons (Fsp3) is 0.462. The summed E-state index contributed by atoms with van der Waals surface area (Å²) in [5.74, 6) is -0.563. The minimum atomic E-state index is -0.691. The molecule has 0 radical (unpaired) electrons. The molecule has 0 bridgehead atoms. The smallest absolute Gasteiger partial charge is 0.390 e. The molecule has 112 valence electrons. The molecule has 1 aromatic carbocycles. The van der Waals surface area contributed by atoms with Crippen LogP contribution >= 0.6 is 0 Å². The first-order chi connectivity index (χ1) is 10.1. The number of ether oxygens (including phenoxy) is 1. The van der Waals surface area contributed by atoms with Crippen molar-refractivity contribution in [2.24, 2.45) is 0 Å². The lowest BCUT2D eigenvalue weighted by Crippen LogP contribution is -2.38. The molecule has 0 spiro atoms. The van der Waals surface area contributed by atoms with E-state index in [0.717, 1.165) is 18.7 Å². The lowest BCUT2D eigenvalue weighted by atomic mass is 10.0. The molecule has 8 heteroatoms. The fourth-order valence-corrected chi connectivity index (χ4v) is 2.71. The summed E-state index contributed by atoms with van der Waals surface area (Å²) in [6.07, 6.45) is 0. The predicted molar refractivity (Wildman–Crippen MR) is 74.4 cm³/mol. The van der Waals surface area contributed by atoms with Crippen molar-refractivity contribution in [2.45, 2.75) is 13.0 Å². The molecular formula is C13H16N4O4. The number of benzene rings is 1. The van der Waals surface area contributed by atoms with Crippen LogP contribution in [0.4, 0.5) is 5.95 Å². The Morgan fingerprint density at radius 3 is 2.81 bits per heavy atom. The Bertz CT molecular complexity index is 678. The van der Waals surface area contributed by atoms with Gasteiger partial charge in [-0.25, -0.2) is 0 Å². The van der Waals surface area contributed by atoms with E-state index in [1.807, 2.05) is 13.0 Å². The van der Waals surface area contributed by atoms with Gasteiger partial charge in [0.05, 0.1) is 13.2 Å². The van der Waals surface area contributed by atoms with Crippen molar-refractivity contribution >= 4 is 17.0 Å². The molecule has 1 N–H and O–H groups in total. The van der Waals surface area contributed by atoms with E-state index in [1.54, 1.807) is 12.1 Å². The largest absolute Gasteiger partial charge is 0.472 e.